The maximum absolute atomic E-state index is 6.05. The van der Waals surface area contributed by atoms with Crippen molar-refractivity contribution in [2.45, 2.75) is 58.5 Å². The molecule has 1 unspecified atom stereocenters. The third-order valence-corrected chi connectivity index (χ3v) is 5.32. The van der Waals surface area contributed by atoms with Crippen LogP contribution < -0.4 is 5.32 Å². The molecule has 1 aromatic rings. The van der Waals surface area contributed by atoms with Gasteiger partial charge < -0.3 is 10.1 Å². The zero-order chi connectivity index (χ0) is 15.2. The third kappa shape index (κ3) is 4.06. The second-order valence-electron chi connectivity index (χ2n) is 5.57. The maximum Gasteiger partial charge on any atom is 0.160 e. The fraction of sp³-hybridized carbons (Fsp3) is 0.750. The van der Waals surface area contributed by atoms with Crippen molar-refractivity contribution in [3.63, 3.8) is 0 Å². The first-order valence-electron chi connectivity index (χ1n) is 8.06. The molecule has 1 heterocycles. The van der Waals surface area contributed by atoms with E-state index in [2.05, 4.69) is 41.8 Å². The Hall–Kier alpha value is -0.430. The Balaban J connectivity index is 2.34. The van der Waals surface area contributed by atoms with Crippen molar-refractivity contribution in [2.75, 3.05) is 19.0 Å². The number of anilines is 1. The van der Waals surface area contributed by atoms with Crippen LogP contribution in [0.5, 0.6) is 0 Å². The molecule has 1 aliphatic rings. The standard InChI is InChI=1S/C16H26IN3O/c1-4-12-13(17)15(18-3)20-16(19-12)14(21-5-2)11-9-7-6-8-10-11/h11,14H,4-10H2,1-3H3,(H,18,19,20). The molecule has 0 bridgehead atoms. The Bertz CT molecular complexity index is 436. The SMILES string of the molecule is CCOC(c1nc(CC)c(I)c(NC)n1)C1CCCCC1. The largest absolute Gasteiger partial charge is 0.372 e. The molecule has 1 aromatic heterocycles. The summed E-state index contributed by atoms with van der Waals surface area (Å²) in [6.07, 6.45) is 7.39. The highest BCUT2D eigenvalue weighted by molar-refractivity contribution is 14.1. The van der Waals surface area contributed by atoms with Gasteiger partial charge in [-0.2, -0.15) is 0 Å². The van der Waals surface area contributed by atoms with Crippen LogP contribution in [0.25, 0.3) is 0 Å². The summed E-state index contributed by atoms with van der Waals surface area (Å²) in [5.74, 6) is 2.36. The molecule has 5 heteroatoms. The van der Waals surface area contributed by atoms with Gasteiger partial charge in [0, 0.05) is 13.7 Å². The first kappa shape index (κ1) is 16.9. The van der Waals surface area contributed by atoms with E-state index in [0.717, 1.165) is 27.3 Å². The number of hydrogen-bond acceptors (Lipinski definition) is 4. The van der Waals surface area contributed by atoms with E-state index in [1.165, 1.54) is 32.1 Å². The van der Waals surface area contributed by atoms with Gasteiger partial charge in [-0.3, -0.25) is 0 Å². The predicted molar refractivity (Wildman–Crippen MR) is 94.6 cm³/mol. The van der Waals surface area contributed by atoms with Crippen LogP contribution in [0.1, 0.15) is 63.6 Å². The summed E-state index contributed by atoms with van der Waals surface area (Å²) in [4.78, 5) is 9.55. The zero-order valence-corrected chi connectivity index (χ0v) is 15.4. The number of rotatable bonds is 6. The van der Waals surface area contributed by atoms with Crippen LogP contribution in [0.15, 0.2) is 0 Å². The van der Waals surface area contributed by atoms with Gasteiger partial charge in [0.15, 0.2) is 5.82 Å². The molecule has 0 spiro atoms. The fourth-order valence-electron chi connectivity index (χ4n) is 3.08. The number of aromatic nitrogens is 2. The van der Waals surface area contributed by atoms with Crippen LogP contribution >= 0.6 is 22.6 Å². The highest BCUT2D eigenvalue weighted by Gasteiger charge is 2.29. The molecule has 2 rings (SSSR count). The fourth-order valence-corrected chi connectivity index (χ4v) is 3.97. The second-order valence-corrected chi connectivity index (χ2v) is 6.65. The highest BCUT2D eigenvalue weighted by Crippen LogP contribution is 2.36. The first-order valence-corrected chi connectivity index (χ1v) is 9.14. The van der Waals surface area contributed by atoms with Crippen molar-refractivity contribution in [1.82, 2.24) is 9.97 Å². The Morgan fingerprint density at radius 1 is 1.24 bits per heavy atom. The quantitative estimate of drug-likeness (QED) is 0.718. The monoisotopic (exact) mass is 403 g/mol. The Morgan fingerprint density at radius 2 is 1.95 bits per heavy atom. The molecular weight excluding hydrogens is 377 g/mol. The number of halogens is 1. The van der Waals surface area contributed by atoms with Gasteiger partial charge in [0.05, 0.1) is 9.26 Å². The van der Waals surface area contributed by atoms with Crippen molar-refractivity contribution < 1.29 is 4.74 Å². The topological polar surface area (TPSA) is 47.0 Å². The molecule has 0 aromatic carbocycles. The summed E-state index contributed by atoms with van der Waals surface area (Å²) in [6, 6.07) is 0. The summed E-state index contributed by atoms with van der Waals surface area (Å²) >= 11 is 2.33. The van der Waals surface area contributed by atoms with Crippen molar-refractivity contribution in [3.05, 3.63) is 15.1 Å². The average Bonchev–Trinajstić information content (AvgIpc) is 2.54. The molecule has 118 valence electrons. The minimum Gasteiger partial charge on any atom is -0.372 e. The van der Waals surface area contributed by atoms with Gasteiger partial charge >= 0.3 is 0 Å². The molecule has 0 aliphatic heterocycles. The van der Waals surface area contributed by atoms with Gasteiger partial charge in [-0.15, -0.1) is 0 Å². The maximum atomic E-state index is 6.05. The highest BCUT2D eigenvalue weighted by atomic mass is 127. The Labute approximate surface area is 141 Å². The van der Waals surface area contributed by atoms with E-state index < -0.39 is 0 Å². The van der Waals surface area contributed by atoms with Crippen molar-refractivity contribution >= 4 is 28.4 Å². The van der Waals surface area contributed by atoms with Crippen LogP contribution in [0.3, 0.4) is 0 Å². The van der Waals surface area contributed by atoms with Gasteiger partial charge in [0.2, 0.25) is 0 Å². The Kier molecular flexibility index (Phi) is 6.67. The van der Waals surface area contributed by atoms with Gasteiger partial charge in [-0.1, -0.05) is 26.2 Å². The van der Waals surface area contributed by atoms with E-state index >= 15 is 0 Å². The van der Waals surface area contributed by atoms with Crippen molar-refractivity contribution in [1.29, 1.82) is 0 Å². The minimum absolute atomic E-state index is 0.0460. The summed E-state index contributed by atoms with van der Waals surface area (Å²) < 4.78 is 7.18. The minimum atomic E-state index is 0.0460. The number of aryl methyl sites for hydroxylation is 1. The van der Waals surface area contributed by atoms with Crippen LogP contribution in [0.2, 0.25) is 0 Å². The lowest BCUT2D eigenvalue weighted by Gasteiger charge is -2.29. The van der Waals surface area contributed by atoms with Gasteiger partial charge in [0.25, 0.3) is 0 Å². The molecule has 0 saturated heterocycles. The molecule has 0 amide bonds. The average molecular weight is 403 g/mol. The van der Waals surface area contributed by atoms with E-state index in [1.807, 2.05) is 7.05 Å². The van der Waals surface area contributed by atoms with Gasteiger partial charge in [-0.25, -0.2) is 9.97 Å². The number of nitrogens with zero attached hydrogens (tertiary/aromatic N) is 2. The van der Waals surface area contributed by atoms with Crippen molar-refractivity contribution in [2.24, 2.45) is 5.92 Å². The predicted octanol–water partition coefficient (Wildman–Crippen LogP) is 4.34. The molecule has 0 radical (unpaired) electrons. The summed E-state index contributed by atoms with van der Waals surface area (Å²) in [5, 5.41) is 3.20. The molecule has 21 heavy (non-hydrogen) atoms. The number of ether oxygens (including phenoxy) is 1. The first-order chi connectivity index (χ1) is 10.2. The van der Waals surface area contributed by atoms with Crippen LogP contribution in [-0.4, -0.2) is 23.6 Å². The summed E-state index contributed by atoms with van der Waals surface area (Å²) in [6.45, 7) is 4.92. The number of nitrogens with one attached hydrogen (secondary N) is 1. The molecule has 4 nitrogen and oxygen atoms in total. The van der Waals surface area contributed by atoms with Crippen LogP contribution in [-0.2, 0) is 11.2 Å². The zero-order valence-electron chi connectivity index (χ0n) is 13.3. The summed E-state index contributed by atoms with van der Waals surface area (Å²) in [7, 11) is 1.92. The molecular formula is C16H26IN3O. The summed E-state index contributed by atoms with van der Waals surface area (Å²) in [5.41, 5.74) is 1.12. The van der Waals surface area contributed by atoms with E-state index in [9.17, 15) is 0 Å². The molecule has 1 aliphatic carbocycles. The van der Waals surface area contributed by atoms with E-state index in [1.54, 1.807) is 0 Å². The van der Waals surface area contributed by atoms with Crippen molar-refractivity contribution in [3.8, 4) is 0 Å². The Morgan fingerprint density at radius 3 is 2.52 bits per heavy atom. The number of hydrogen-bond donors (Lipinski definition) is 1. The second kappa shape index (κ2) is 8.27. The molecule has 1 atom stereocenters. The van der Waals surface area contributed by atoms with Crippen LogP contribution in [0, 0.1) is 9.49 Å². The lowest BCUT2D eigenvalue weighted by molar-refractivity contribution is -0.000248. The smallest absolute Gasteiger partial charge is 0.160 e. The molecule has 1 saturated carbocycles. The lowest BCUT2D eigenvalue weighted by Crippen LogP contribution is -2.22. The molecule has 1 fully saturated rings. The van der Waals surface area contributed by atoms with E-state index in [0.29, 0.717) is 12.5 Å². The van der Waals surface area contributed by atoms with Gasteiger partial charge in [-0.05, 0) is 54.7 Å². The van der Waals surface area contributed by atoms with Gasteiger partial charge in [0.1, 0.15) is 11.9 Å². The molecule has 1 N–H and O–H groups in total. The van der Waals surface area contributed by atoms with E-state index in [4.69, 9.17) is 14.7 Å². The van der Waals surface area contributed by atoms with E-state index in [-0.39, 0.29) is 6.10 Å². The normalized spacial score (nSPS) is 17.7. The third-order valence-electron chi connectivity index (χ3n) is 4.19. The van der Waals surface area contributed by atoms with Crippen LogP contribution in [0.4, 0.5) is 5.82 Å². The lowest BCUT2D eigenvalue weighted by atomic mass is 9.85.